The van der Waals surface area contributed by atoms with E-state index in [0.29, 0.717) is 5.92 Å². The molecule has 1 atom stereocenters. The van der Waals surface area contributed by atoms with Gasteiger partial charge in [0.15, 0.2) is 0 Å². The van der Waals surface area contributed by atoms with Gasteiger partial charge in [-0.05, 0) is 0 Å². The fourth-order valence-electron chi connectivity index (χ4n) is 2.62. The van der Waals surface area contributed by atoms with Gasteiger partial charge in [-0.2, -0.15) is 0 Å². The van der Waals surface area contributed by atoms with Gasteiger partial charge in [-0.15, -0.1) is 0 Å². The fourth-order valence-corrected chi connectivity index (χ4v) is 7.83. The average molecular weight is 336 g/mol. The quantitative estimate of drug-likeness (QED) is 0.490. The van der Waals surface area contributed by atoms with Crippen molar-refractivity contribution >= 4 is 19.8 Å². The van der Waals surface area contributed by atoms with Gasteiger partial charge in [-0.3, -0.25) is 0 Å². The predicted molar refractivity (Wildman–Crippen MR) is 82.3 cm³/mol. The van der Waals surface area contributed by atoms with E-state index in [1.807, 2.05) is 0 Å². The van der Waals surface area contributed by atoms with E-state index in [-0.39, 0.29) is 0 Å². The van der Waals surface area contributed by atoms with Crippen molar-refractivity contribution in [3.63, 3.8) is 0 Å². The molecule has 0 bridgehead atoms. The van der Waals surface area contributed by atoms with E-state index in [2.05, 4.69) is 60.4 Å². The van der Waals surface area contributed by atoms with Crippen molar-refractivity contribution in [3.8, 4) is 0 Å². The van der Waals surface area contributed by atoms with E-state index < -0.39 is 19.8 Å². The molecule has 1 unspecified atom stereocenters. The molecule has 0 aromatic heterocycles. The number of alkyl halides is 1. The Labute approximate surface area is 110 Å². The first-order chi connectivity index (χ1) is 8.27. The van der Waals surface area contributed by atoms with Gasteiger partial charge in [0.25, 0.3) is 0 Å². The second-order valence-corrected chi connectivity index (χ2v) is 9.71. The second kappa shape index (κ2) is 4.45. The van der Waals surface area contributed by atoms with Gasteiger partial charge in [-0.1, -0.05) is 0 Å². The summed E-state index contributed by atoms with van der Waals surface area (Å²) in [6.07, 6.45) is 1.20. The topological polar surface area (TPSA) is 0 Å². The number of hydrogen-bond acceptors (Lipinski definition) is 0. The van der Waals surface area contributed by atoms with Crippen molar-refractivity contribution in [2.24, 2.45) is 0 Å². The molecule has 0 radical (unpaired) electrons. The van der Waals surface area contributed by atoms with Gasteiger partial charge in [0, 0.05) is 0 Å². The summed E-state index contributed by atoms with van der Waals surface area (Å²) >= 11 is -1.16. The van der Waals surface area contributed by atoms with Gasteiger partial charge < -0.3 is 0 Å². The maximum absolute atomic E-state index is 2.49. The van der Waals surface area contributed by atoms with Crippen LogP contribution in [0.1, 0.15) is 24.0 Å². The summed E-state index contributed by atoms with van der Waals surface area (Å²) in [4.78, 5) is 2.49. The van der Waals surface area contributed by atoms with Gasteiger partial charge in [0.05, 0.1) is 0 Å². The zero-order valence-electron chi connectivity index (χ0n) is 10.3. The van der Waals surface area contributed by atoms with E-state index in [0.717, 1.165) is 0 Å². The van der Waals surface area contributed by atoms with Crippen LogP contribution in [0.5, 0.6) is 0 Å². The van der Waals surface area contributed by atoms with Crippen LogP contribution >= 0.6 is 19.8 Å². The first-order valence-corrected chi connectivity index (χ1v) is 10.4. The summed E-state index contributed by atoms with van der Waals surface area (Å²) in [6, 6.07) is 18.2. The molecule has 0 saturated heterocycles. The summed E-state index contributed by atoms with van der Waals surface area (Å²) in [5.74, 6) is 0.662. The summed E-state index contributed by atoms with van der Waals surface area (Å²) in [5.41, 5.74) is 3.18. The molecule has 17 heavy (non-hydrogen) atoms. The van der Waals surface area contributed by atoms with Crippen molar-refractivity contribution < 1.29 is 0 Å². The van der Waals surface area contributed by atoms with Crippen LogP contribution in [0.2, 0.25) is 0 Å². The van der Waals surface area contributed by atoms with Gasteiger partial charge in [0.2, 0.25) is 0 Å². The van der Waals surface area contributed by atoms with E-state index in [4.69, 9.17) is 0 Å². The van der Waals surface area contributed by atoms with Crippen LogP contribution in [0, 0.1) is 7.14 Å². The van der Waals surface area contributed by atoms with Gasteiger partial charge >= 0.3 is 111 Å². The Kier molecular flexibility index (Phi) is 2.95. The number of halogens is 1. The van der Waals surface area contributed by atoms with E-state index >= 15 is 0 Å². The molecule has 2 aromatic carbocycles. The molecular weight excluding hydrogens is 319 g/mol. The first kappa shape index (κ1) is 11.3. The van der Waals surface area contributed by atoms with Crippen LogP contribution in [0.4, 0.5) is 0 Å². The molecule has 1 heterocycles. The van der Waals surface area contributed by atoms with E-state index in [9.17, 15) is 0 Å². The summed E-state index contributed by atoms with van der Waals surface area (Å²) in [6.45, 7) is 2.37. The average Bonchev–Trinajstić information content (AvgIpc) is 2.48. The molecule has 0 aliphatic carbocycles. The monoisotopic (exact) mass is 336 g/mol. The molecule has 1 heteroatoms. The van der Waals surface area contributed by atoms with Crippen molar-refractivity contribution in [1.29, 1.82) is 0 Å². The van der Waals surface area contributed by atoms with Crippen LogP contribution in [0.25, 0.3) is 0 Å². The minimum absolute atomic E-state index is 0.662. The fraction of sp³-hybridized carbons (Fsp3) is 0.250. The summed E-state index contributed by atoms with van der Waals surface area (Å²) < 4.78 is 3.32. The Morgan fingerprint density at radius 2 is 1.59 bits per heavy atom. The number of fused-ring (bicyclic) bond motifs is 2. The minimum atomic E-state index is -1.16. The van der Waals surface area contributed by atoms with Crippen LogP contribution in [-0.2, 0) is 6.42 Å². The van der Waals surface area contributed by atoms with E-state index in [1.165, 1.54) is 6.42 Å². The number of benzene rings is 2. The first-order valence-electron chi connectivity index (χ1n) is 6.04. The SMILES string of the molecule is CC1Cc2ccccc2I(C)c2ccccc21. The zero-order valence-corrected chi connectivity index (χ0v) is 12.4. The molecule has 88 valence electrons. The van der Waals surface area contributed by atoms with Crippen LogP contribution in [0.15, 0.2) is 48.5 Å². The molecule has 0 saturated carbocycles. The van der Waals surface area contributed by atoms with Crippen molar-refractivity contribution in [2.45, 2.75) is 19.3 Å². The van der Waals surface area contributed by atoms with Crippen LogP contribution in [-0.4, -0.2) is 4.93 Å². The maximum atomic E-state index is 2.49. The Morgan fingerprint density at radius 3 is 2.41 bits per heavy atom. The normalized spacial score (nSPS) is 20.4. The zero-order chi connectivity index (χ0) is 11.8. The predicted octanol–water partition coefficient (Wildman–Crippen LogP) is 4.52. The molecule has 2 aromatic rings. The van der Waals surface area contributed by atoms with Gasteiger partial charge in [0.1, 0.15) is 0 Å². The summed E-state index contributed by atoms with van der Waals surface area (Å²) in [5, 5.41) is 0. The molecule has 0 fully saturated rings. The molecule has 0 N–H and O–H groups in total. The second-order valence-electron chi connectivity index (χ2n) is 4.69. The van der Waals surface area contributed by atoms with Gasteiger partial charge in [-0.25, -0.2) is 0 Å². The Bertz CT molecular complexity index is 545. The van der Waals surface area contributed by atoms with Crippen molar-refractivity contribution in [1.82, 2.24) is 0 Å². The molecule has 0 spiro atoms. The van der Waals surface area contributed by atoms with Crippen molar-refractivity contribution in [3.05, 3.63) is 66.8 Å². The van der Waals surface area contributed by atoms with Crippen molar-refractivity contribution in [2.75, 3.05) is 4.93 Å². The molecule has 1 aliphatic rings. The van der Waals surface area contributed by atoms with Crippen LogP contribution in [0.3, 0.4) is 0 Å². The summed E-state index contributed by atoms with van der Waals surface area (Å²) in [7, 11) is 0. The standard InChI is InChI=1S/C16H17I/c1-12-11-13-7-3-5-9-15(13)17(2)16-10-6-4-8-14(12)16/h3-10,12H,11H2,1-2H3. The van der Waals surface area contributed by atoms with Crippen LogP contribution < -0.4 is 0 Å². The van der Waals surface area contributed by atoms with E-state index in [1.54, 1.807) is 18.3 Å². The number of hydrogen-bond donors (Lipinski definition) is 0. The third-order valence-electron chi connectivity index (χ3n) is 3.53. The molecule has 3 rings (SSSR count). The third kappa shape index (κ3) is 1.90. The molecular formula is C16H17I. The molecule has 0 amide bonds. The Morgan fingerprint density at radius 1 is 0.941 bits per heavy atom. The Hall–Kier alpha value is -0.830. The Balaban J connectivity index is 2.22. The molecule has 1 aliphatic heterocycles. The molecule has 0 nitrogen and oxygen atoms in total. The number of rotatable bonds is 0. The third-order valence-corrected chi connectivity index (χ3v) is 9.05.